The maximum Gasteiger partial charge on any atom is 0.231 e. The van der Waals surface area contributed by atoms with Crippen LogP contribution in [-0.4, -0.2) is 48.3 Å². The summed E-state index contributed by atoms with van der Waals surface area (Å²) in [5.74, 6) is 2.09. The van der Waals surface area contributed by atoms with Gasteiger partial charge in [-0.05, 0) is 37.2 Å². The topological polar surface area (TPSA) is 76.4 Å². The van der Waals surface area contributed by atoms with Gasteiger partial charge in [0.05, 0.1) is 12.8 Å². The lowest BCUT2D eigenvalue weighted by Crippen LogP contribution is -2.34. The fourth-order valence-electron chi connectivity index (χ4n) is 3.73. The van der Waals surface area contributed by atoms with Crippen molar-refractivity contribution in [1.29, 1.82) is 0 Å². The van der Waals surface area contributed by atoms with Gasteiger partial charge in [-0.15, -0.1) is 0 Å². The minimum absolute atomic E-state index is 0.00210. The third kappa shape index (κ3) is 2.74. The van der Waals surface area contributed by atoms with Crippen LogP contribution in [0.25, 0.3) is 0 Å². The van der Waals surface area contributed by atoms with Gasteiger partial charge < -0.3 is 19.4 Å². The summed E-state index contributed by atoms with van der Waals surface area (Å²) in [4.78, 5) is 6.28. The molecule has 0 saturated carbocycles. The largest absolute Gasteiger partial charge is 0.492 e. The van der Waals surface area contributed by atoms with Gasteiger partial charge in [0.25, 0.3) is 0 Å². The van der Waals surface area contributed by atoms with Crippen LogP contribution in [0.4, 0.5) is 0 Å². The van der Waals surface area contributed by atoms with E-state index in [0.29, 0.717) is 23.6 Å². The Kier molecular flexibility index (Phi) is 4.38. The first-order valence-corrected chi connectivity index (χ1v) is 8.54. The molecule has 1 aromatic heterocycles. The van der Waals surface area contributed by atoms with Crippen molar-refractivity contribution in [2.24, 2.45) is 5.16 Å². The number of pyridine rings is 1. The van der Waals surface area contributed by atoms with Gasteiger partial charge in [0.1, 0.15) is 0 Å². The number of benzene rings is 1. The number of hydrogen-bond donors (Lipinski definition) is 1. The zero-order valence-corrected chi connectivity index (χ0v) is 14.8. The lowest BCUT2D eigenvalue weighted by Gasteiger charge is -2.36. The standard InChI is InChI=1S/C19H21N3O4/c1-22-8-5-13-9-16-18(26-11-25-16)19(24-2)17(13)15(22)10-14(21-23)12-3-6-20-7-4-12/h3-4,6-7,9,15,23H,5,8,10-11H2,1-2H3/t15-/m0/s1. The Balaban J connectivity index is 1.76. The van der Waals surface area contributed by atoms with Gasteiger partial charge >= 0.3 is 0 Å². The number of fused-ring (bicyclic) bond motifs is 2. The van der Waals surface area contributed by atoms with Crippen LogP contribution in [0, 0.1) is 0 Å². The number of oxime groups is 1. The molecule has 1 aromatic carbocycles. The molecular weight excluding hydrogens is 334 g/mol. The molecule has 0 unspecified atom stereocenters. The summed E-state index contributed by atoms with van der Waals surface area (Å²) in [6.07, 6.45) is 4.82. The van der Waals surface area contributed by atoms with Crippen LogP contribution in [0.2, 0.25) is 0 Å². The van der Waals surface area contributed by atoms with Crippen molar-refractivity contribution >= 4 is 5.71 Å². The summed E-state index contributed by atoms with van der Waals surface area (Å²) in [5.41, 5.74) is 3.71. The molecule has 2 aromatic rings. The molecule has 4 rings (SSSR count). The van der Waals surface area contributed by atoms with E-state index < -0.39 is 0 Å². The number of nitrogens with zero attached hydrogens (tertiary/aromatic N) is 3. The first-order valence-electron chi connectivity index (χ1n) is 8.54. The Hall–Kier alpha value is -2.80. The molecule has 136 valence electrons. The van der Waals surface area contributed by atoms with Crippen LogP contribution in [0.15, 0.2) is 35.7 Å². The summed E-state index contributed by atoms with van der Waals surface area (Å²) in [7, 11) is 3.71. The Labute approximate surface area is 151 Å². The summed E-state index contributed by atoms with van der Waals surface area (Å²) in [6, 6.07) is 5.73. The van der Waals surface area contributed by atoms with Gasteiger partial charge in [-0.1, -0.05) is 5.16 Å². The van der Waals surface area contributed by atoms with Gasteiger partial charge in [-0.3, -0.25) is 9.88 Å². The molecule has 26 heavy (non-hydrogen) atoms. The Morgan fingerprint density at radius 3 is 2.92 bits per heavy atom. The van der Waals surface area contributed by atoms with Gasteiger partial charge in [0.2, 0.25) is 12.5 Å². The van der Waals surface area contributed by atoms with Crippen molar-refractivity contribution in [3.05, 3.63) is 47.3 Å². The first kappa shape index (κ1) is 16.7. The molecule has 3 heterocycles. The molecule has 2 aliphatic rings. The smallest absolute Gasteiger partial charge is 0.231 e. The van der Waals surface area contributed by atoms with E-state index >= 15 is 0 Å². The molecule has 2 aliphatic heterocycles. The minimum Gasteiger partial charge on any atom is -0.492 e. The number of hydrogen-bond acceptors (Lipinski definition) is 7. The third-order valence-corrected chi connectivity index (χ3v) is 5.07. The highest BCUT2D eigenvalue weighted by Gasteiger charge is 2.34. The fourth-order valence-corrected chi connectivity index (χ4v) is 3.73. The van der Waals surface area contributed by atoms with E-state index in [2.05, 4.69) is 22.1 Å². The maximum atomic E-state index is 9.60. The SMILES string of the molecule is COc1c2c(cc3c1[C@H](CC(=NO)c1ccncc1)N(C)CC3)OCO2. The van der Waals surface area contributed by atoms with Crippen molar-refractivity contribution in [3.63, 3.8) is 0 Å². The summed E-state index contributed by atoms with van der Waals surface area (Å²) < 4.78 is 16.9. The van der Waals surface area contributed by atoms with Crippen molar-refractivity contribution in [2.75, 3.05) is 27.5 Å². The van der Waals surface area contributed by atoms with Crippen LogP contribution < -0.4 is 14.2 Å². The van der Waals surface area contributed by atoms with Crippen LogP contribution in [0.1, 0.15) is 29.2 Å². The Bertz CT molecular complexity index is 838. The fraction of sp³-hybridized carbons (Fsp3) is 0.368. The van der Waals surface area contributed by atoms with Crippen molar-refractivity contribution < 1.29 is 19.4 Å². The lowest BCUT2D eigenvalue weighted by atomic mass is 9.87. The molecule has 0 spiro atoms. The van der Waals surface area contributed by atoms with Crippen molar-refractivity contribution in [2.45, 2.75) is 18.9 Å². The molecule has 0 radical (unpaired) electrons. The molecule has 7 nitrogen and oxygen atoms in total. The second-order valence-electron chi connectivity index (χ2n) is 6.45. The zero-order valence-electron chi connectivity index (χ0n) is 14.8. The van der Waals surface area contributed by atoms with Crippen LogP contribution >= 0.6 is 0 Å². The van der Waals surface area contributed by atoms with E-state index in [1.54, 1.807) is 19.5 Å². The highest BCUT2D eigenvalue weighted by Crippen LogP contribution is 2.50. The number of rotatable bonds is 4. The highest BCUT2D eigenvalue weighted by molar-refractivity contribution is 6.00. The van der Waals surface area contributed by atoms with Crippen LogP contribution in [-0.2, 0) is 6.42 Å². The zero-order chi connectivity index (χ0) is 18.1. The van der Waals surface area contributed by atoms with E-state index in [9.17, 15) is 5.21 Å². The van der Waals surface area contributed by atoms with E-state index in [-0.39, 0.29) is 12.8 Å². The lowest BCUT2D eigenvalue weighted by molar-refractivity contribution is 0.170. The molecule has 0 saturated heterocycles. The number of methoxy groups -OCH3 is 1. The Morgan fingerprint density at radius 2 is 2.19 bits per heavy atom. The number of likely N-dealkylation sites (N-methyl/N-ethyl adjacent to an activating group) is 1. The van der Waals surface area contributed by atoms with Crippen LogP contribution in [0.3, 0.4) is 0 Å². The van der Waals surface area contributed by atoms with E-state index in [1.165, 1.54) is 5.56 Å². The second kappa shape index (κ2) is 6.84. The molecular formula is C19H21N3O4. The van der Waals surface area contributed by atoms with E-state index in [1.807, 2.05) is 18.2 Å². The molecule has 7 heteroatoms. The van der Waals surface area contributed by atoms with Gasteiger partial charge in [-0.2, -0.15) is 0 Å². The van der Waals surface area contributed by atoms with Crippen molar-refractivity contribution in [3.8, 4) is 17.2 Å². The average Bonchev–Trinajstić information content (AvgIpc) is 3.14. The van der Waals surface area contributed by atoms with Gasteiger partial charge in [0.15, 0.2) is 11.5 Å². The highest BCUT2D eigenvalue weighted by atomic mass is 16.7. The predicted octanol–water partition coefficient (Wildman–Crippen LogP) is 2.62. The predicted molar refractivity (Wildman–Crippen MR) is 95.4 cm³/mol. The number of ether oxygens (including phenoxy) is 3. The molecule has 0 fully saturated rings. The van der Waals surface area contributed by atoms with Crippen LogP contribution in [0.5, 0.6) is 17.2 Å². The summed E-state index contributed by atoms with van der Waals surface area (Å²) >= 11 is 0. The molecule has 0 aliphatic carbocycles. The first-order chi connectivity index (χ1) is 12.7. The number of aromatic nitrogens is 1. The monoisotopic (exact) mass is 355 g/mol. The quantitative estimate of drug-likeness (QED) is 0.516. The maximum absolute atomic E-state index is 9.60. The normalized spacial score (nSPS) is 19.3. The summed E-state index contributed by atoms with van der Waals surface area (Å²) in [6.45, 7) is 1.10. The van der Waals surface area contributed by atoms with Crippen molar-refractivity contribution in [1.82, 2.24) is 9.88 Å². The molecule has 0 amide bonds. The van der Waals surface area contributed by atoms with Gasteiger partial charge in [0, 0.05) is 42.5 Å². The van der Waals surface area contributed by atoms with Gasteiger partial charge in [-0.25, -0.2) is 0 Å². The molecule has 0 bridgehead atoms. The average molecular weight is 355 g/mol. The summed E-state index contributed by atoms with van der Waals surface area (Å²) in [5, 5.41) is 13.2. The Morgan fingerprint density at radius 1 is 1.38 bits per heavy atom. The second-order valence-corrected chi connectivity index (χ2v) is 6.45. The minimum atomic E-state index is 0.00210. The third-order valence-electron chi connectivity index (χ3n) is 5.07. The van der Waals surface area contributed by atoms with E-state index in [0.717, 1.165) is 29.8 Å². The molecule has 1 atom stereocenters. The molecule has 1 N–H and O–H groups in total. The van der Waals surface area contributed by atoms with E-state index in [4.69, 9.17) is 14.2 Å².